The third-order valence-electron chi connectivity index (χ3n) is 3.63. The SMILES string of the molecule is CN=C(NCCCSC)NCc1ccccc1OCC1CC1.I. The molecule has 0 bridgehead atoms. The van der Waals surface area contributed by atoms with Gasteiger partial charge in [0.15, 0.2) is 5.96 Å². The van der Waals surface area contributed by atoms with Crippen LogP contribution in [0.15, 0.2) is 29.3 Å². The van der Waals surface area contributed by atoms with E-state index in [0.717, 1.165) is 43.7 Å². The molecule has 4 nitrogen and oxygen atoms in total. The number of hydrogen-bond acceptors (Lipinski definition) is 3. The van der Waals surface area contributed by atoms with Crippen molar-refractivity contribution in [2.24, 2.45) is 10.9 Å². The van der Waals surface area contributed by atoms with Crippen molar-refractivity contribution < 1.29 is 4.74 Å². The minimum absolute atomic E-state index is 0. The van der Waals surface area contributed by atoms with Gasteiger partial charge in [-0.2, -0.15) is 11.8 Å². The Hall–Kier alpha value is -0.630. The molecule has 0 atom stereocenters. The molecule has 0 spiro atoms. The first-order valence-corrected chi connectivity index (χ1v) is 9.37. The predicted molar refractivity (Wildman–Crippen MR) is 111 cm³/mol. The van der Waals surface area contributed by atoms with E-state index < -0.39 is 0 Å². The maximum Gasteiger partial charge on any atom is 0.191 e. The van der Waals surface area contributed by atoms with Crippen molar-refractivity contribution in [2.75, 3.05) is 32.2 Å². The number of para-hydroxylation sites is 1. The molecule has 2 rings (SSSR count). The molecule has 0 saturated heterocycles. The Morgan fingerprint density at radius 3 is 2.78 bits per heavy atom. The van der Waals surface area contributed by atoms with E-state index in [1.54, 1.807) is 7.05 Å². The van der Waals surface area contributed by atoms with Crippen LogP contribution in [-0.4, -0.2) is 38.2 Å². The normalized spacial score (nSPS) is 14.1. The van der Waals surface area contributed by atoms with Crippen molar-refractivity contribution >= 4 is 41.7 Å². The van der Waals surface area contributed by atoms with Crippen LogP contribution in [0.2, 0.25) is 0 Å². The van der Waals surface area contributed by atoms with Crippen LogP contribution in [0.3, 0.4) is 0 Å². The number of halogens is 1. The first kappa shape index (κ1) is 20.4. The molecule has 1 aromatic carbocycles. The molecule has 23 heavy (non-hydrogen) atoms. The summed E-state index contributed by atoms with van der Waals surface area (Å²) in [5, 5.41) is 6.70. The van der Waals surface area contributed by atoms with Crippen molar-refractivity contribution in [1.82, 2.24) is 10.6 Å². The Kier molecular flexibility index (Phi) is 10.5. The number of guanidine groups is 1. The van der Waals surface area contributed by atoms with Crippen LogP contribution in [0.4, 0.5) is 0 Å². The van der Waals surface area contributed by atoms with Crippen molar-refractivity contribution in [3.8, 4) is 5.75 Å². The van der Waals surface area contributed by atoms with Gasteiger partial charge in [0.2, 0.25) is 0 Å². The third kappa shape index (κ3) is 8.15. The largest absolute Gasteiger partial charge is 0.493 e. The second kappa shape index (κ2) is 11.8. The van der Waals surface area contributed by atoms with E-state index >= 15 is 0 Å². The van der Waals surface area contributed by atoms with E-state index in [0.29, 0.717) is 0 Å². The Morgan fingerprint density at radius 2 is 2.09 bits per heavy atom. The lowest BCUT2D eigenvalue weighted by molar-refractivity contribution is 0.296. The quantitative estimate of drug-likeness (QED) is 0.262. The molecule has 0 amide bonds. The fraction of sp³-hybridized carbons (Fsp3) is 0.588. The lowest BCUT2D eigenvalue weighted by atomic mass is 10.2. The maximum atomic E-state index is 5.94. The maximum absolute atomic E-state index is 5.94. The summed E-state index contributed by atoms with van der Waals surface area (Å²) in [5.74, 6) is 3.77. The summed E-state index contributed by atoms with van der Waals surface area (Å²) >= 11 is 1.87. The van der Waals surface area contributed by atoms with E-state index in [-0.39, 0.29) is 24.0 Å². The van der Waals surface area contributed by atoms with Crippen LogP contribution in [-0.2, 0) is 6.54 Å². The van der Waals surface area contributed by atoms with Gasteiger partial charge in [0.1, 0.15) is 5.75 Å². The summed E-state index contributed by atoms with van der Waals surface area (Å²) in [5.41, 5.74) is 1.18. The van der Waals surface area contributed by atoms with Crippen molar-refractivity contribution in [3.05, 3.63) is 29.8 Å². The summed E-state index contributed by atoms with van der Waals surface area (Å²) in [6.45, 7) is 2.52. The van der Waals surface area contributed by atoms with Crippen LogP contribution in [0.5, 0.6) is 5.75 Å². The van der Waals surface area contributed by atoms with Gasteiger partial charge in [0.25, 0.3) is 0 Å². The number of benzene rings is 1. The van der Waals surface area contributed by atoms with Gasteiger partial charge in [-0.05, 0) is 43.3 Å². The number of ether oxygens (including phenoxy) is 1. The van der Waals surface area contributed by atoms with Crippen molar-refractivity contribution in [2.45, 2.75) is 25.8 Å². The van der Waals surface area contributed by atoms with Crippen molar-refractivity contribution in [1.29, 1.82) is 0 Å². The molecular weight excluding hydrogens is 421 g/mol. The van der Waals surface area contributed by atoms with Gasteiger partial charge in [-0.1, -0.05) is 18.2 Å². The average molecular weight is 449 g/mol. The molecule has 0 unspecified atom stereocenters. The molecule has 0 heterocycles. The summed E-state index contributed by atoms with van der Waals surface area (Å²) < 4.78 is 5.94. The molecule has 1 aromatic rings. The van der Waals surface area contributed by atoms with Crippen LogP contribution < -0.4 is 15.4 Å². The van der Waals surface area contributed by atoms with E-state index in [2.05, 4.69) is 34.0 Å². The van der Waals surface area contributed by atoms with E-state index in [9.17, 15) is 0 Å². The van der Waals surface area contributed by atoms with Gasteiger partial charge >= 0.3 is 0 Å². The van der Waals surface area contributed by atoms with Gasteiger partial charge < -0.3 is 15.4 Å². The molecule has 1 saturated carbocycles. The van der Waals surface area contributed by atoms with Crippen molar-refractivity contribution in [3.63, 3.8) is 0 Å². The molecule has 1 aliphatic carbocycles. The second-order valence-corrected chi connectivity index (χ2v) is 6.55. The van der Waals surface area contributed by atoms with E-state index in [1.807, 2.05) is 23.9 Å². The Bertz CT molecular complexity index is 481. The van der Waals surface area contributed by atoms with Gasteiger partial charge in [-0.15, -0.1) is 24.0 Å². The van der Waals surface area contributed by atoms with Crippen LogP contribution in [0.1, 0.15) is 24.8 Å². The Morgan fingerprint density at radius 1 is 1.30 bits per heavy atom. The average Bonchev–Trinajstić information content (AvgIpc) is 3.37. The lowest BCUT2D eigenvalue weighted by Gasteiger charge is -2.14. The predicted octanol–water partition coefficient (Wildman–Crippen LogP) is 3.51. The Labute approximate surface area is 161 Å². The van der Waals surface area contributed by atoms with Gasteiger partial charge in [-0.25, -0.2) is 0 Å². The van der Waals surface area contributed by atoms with Gasteiger partial charge in [0.05, 0.1) is 6.61 Å². The smallest absolute Gasteiger partial charge is 0.191 e. The minimum Gasteiger partial charge on any atom is -0.493 e. The summed E-state index contributed by atoms with van der Waals surface area (Å²) in [6, 6.07) is 8.24. The lowest BCUT2D eigenvalue weighted by Crippen LogP contribution is -2.37. The summed E-state index contributed by atoms with van der Waals surface area (Å²) in [7, 11) is 1.80. The molecule has 0 radical (unpaired) electrons. The number of nitrogens with one attached hydrogen (secondary N) is 2. The van der Waals surface area contributed by atoms with E-state index in [1.165, 1.54) is 24.2 Å². The minimum atomic E-state index is 0. The molecule has 0 aliphatic heterocycles. The highest BCUT2D eigenvalue weighted by atomic mass is 127. The van der Waals surface area contributed by atoms with Gasteiger partial charge in [0, 0.05) is 25.7 Å². The molecule has 1 fully saturated rings. The van der Waals surface area contributed by atoms with Crippen LogP contribution in [0, 0.1) is 5.92 Å². The molecule has 0 aromatic heterocycles. The summed E-state index contributed by atoms with van der Waals surface area (Å²) in [4.78, 5) is 4.26. The number of nitrogens with zero attached hydrogens (tertiary/aromatic N) is 1. The molecular formula is C17H28IN3OS. The number of thioether (sulfide) groups is 1. The highest BCUT2D eigenvalue weighted by molar-refractivity contribution is 14.0. The molecule has 2 N–H and O–H groups in total. The van der Waals surface area contributed by atoms with Crippen LogP contribution in [0.25, 0.3) is 0 Å². The van der Waals surface area contributed by atoms with Crippen LogP contribution >= 0.6 is 35.7 Å². The highest BCUT2D eigenvalue weighted by Gasteiger charge is 2.22. The number of aliphatic imine (C=N–C) groups is 1. The topological polar surface area (TPSA) is 45.7 Å². The fourth-order valence-corrected chi connectivity index (χ4v) is 2.54. The zero-order valence-electron chi connectivity index (χ0n) is 14.0. The van der Waals surface area contributed by atoms with E-state index in [4.69, 9.17) is 4.74 Å². The molecule has 130 valence electrons. The summed E-state index contributed by atoms with van der Waals surface area (Å²) in [6.07, 6.45) is 5.90. The first-order valence-electron chi connectivity index (χ1n) is 7.97. The second-order valence-electron chi connectivity index (χ2n) is 5.56. The highest BCUT2D eigenvalue weighted by Crippen LogP contribution is 2.30. The fourth-order valence-electron chi connectivity index (χ4n) is 2.11. The number of hydrogen-bond donors (Lipinski definition) is 2. The Balaban J connectivity index is 0.00000264. The molecule has 6 heteroatoms. The third-order valence-corrected chi connectivity index (χ3v) is 4.33. The molecule has 1 aliphatic rings. The standard InChI is InChI=1S/C17H27N3OS.HI/c1-18-17(19-10-5-11-22-2)20-12-15-6-3-4-7-16(15)21-13-14-8-9-14;/h3-4,6-7,14H,5,8-13H2,1-2H3,(H2,18,19,20);1H. The monoisotopic (exact) mass is 449 g/mol. The zero-order valence-corrected chi connectivity index (χ0v) is 17.2. The first-order chi connectivity index (χ1) is 10.8. The number of rotatable bonds is 9. The zero-order chi connectivity index (χ0) is 15.6. The van der Waals surface area contributed by atoms with Gasteiger partial charge in [-0.3, -0.25) is 4.99 Å².